The Balaban J connectivity index is 1.96. The highest BCUT2D eigenvalue weighted by Crippen LogP contribution is 2.11. The number of aliphatic carboxylic acids is 1. The maximum atomic E-state index is 12.0. The van der Waals surface area contributed by atoms with Crippen LogP contribution in [0.1, 0.15) is 11.4 Å². The van der Waals surface area contributed by atoms with Crippen molar-refractivity contribution in [1.82, 2.24) is 19.9 Å². The van der Waals surface area contributed by atoms with E-state index in [9.17, 15) is 13.2 Å². The standard InChI is InChI=1S/C12H14N4O4S/c17-12(18)7-9-1-3-10(4-2-9)21(19,20)15-6-5-11-13-8-14-16-11/h1-4,8,15H,5-7H2,(H,17,18)(H,13,14,16). The second-order valence-corrected chi connectivity index (χ2v) is 6.06. The van der Waals surface area contributed by atoms with Crippen LogP contribution >= 0.6 is 0 Å². The predicted octanol–water partition coefficient (Wildman–Crippen LogP) is -0.0472. The minimum absolute atomic E-state index is 0.0919. The molecule has 1 heterocycles. The molecule has 0 aliphatic rings. The molecule has 0 radical (unpaired) electrons. The van der Waals surface area contributed by atoms with Gasteiger partial charge in [-0.3, -0.25) is 9.89 Å². The Bertz CT molecular complexity index is 695. The lowest BCUT2D eigenvalue weighted by Crippen LogP contribution is -2.26. The lowest BCUT2D eigenvalue weighted by molar-refractivity contribution is -0.136. The molecular weight excluding hydrogens is 296 g/mol. The first-order chi connectivity index (χ1) is 9.97. The molecule has 1 aromatic carbocycles. The summed E-state index contributed by atoms with van der Waals surface area (Å²) in [6.07, 6.45) is 1.61. The van der Waals surface area contributed by atoms with Crippen LogP contribution in [0.3, 0.4) is 0 Å². The van der Waals surface area contributed by atoms with Crippen molar-refractivity contribution in [3.8, 4) is 0 Å². The molecule has 3 N–H and O–H groups in total. The summed E-state index contributed by atoms with van der Waals surface area (Å²) in [4.78, 5) is 14.5. The number of benzene rings is 1. The first kappa shape index (κ1) is 15.1. The zero-order chi connectivity index (χ0) is 15.3. The molecule has 0 bridgehead atoms. The zero-order valence-corrected chi connectivity index (χ0v) is 11.8. The van der Waals surface area contributed by atoms with Crippen LogP contribution in [0.25, 0.3) is 0 Å². The van der Waals surface area contributed by atoms with E-state index in [0.717, 1.165) is 0 Å². The summed E-state index contributed by atoms with van der Waals surface area (Å²) in [5.41, 5.74) is 0.545. The summed E-state index contributed by atoms with van der Waals surface area (Å²) in [5.74, 6) is -0.370. The van der Waals surface area contributed by atoms with Gasteiger partial charge in [0.2, 0.25) is 10.0 Å². The van der Waals surface area contributed by atoms with Gasteiger partial charge in [0.25, 0.3) is 0 Å². The second-order valence-electron chi connectivity index (χ2n) is 4.29. The maximum Gasteiger partial charge on any atom is 0.307 e. The number of carbonyl (C=O) groups is 1. The van der Waals surface area contributed by atoms with Crippen LogP contribution in [0, 0.1) is 0 Å². The number of carboxylic acids is 1. The largest absolute Gasteiger partial charge is 0.481 e. The molecule has 0 aliphatic heterocycles. The smallest absolute Gasteiger partial charge is 0.307 e. The van der Waals surface area contributed by atoms with Crippen molar-refractivity contribution in [2.45, 2.75) is 17.7 Å². The number of hydrogen-bond donors (Lipinski definition) is 3. The molecule has 0 atom stereocenters. The molecule has 1 aromatic heterocycles. The number of hydrogen-bond acceptors (Lipinski definition) is 5. The van der Waals surface area contributed by atoms with Gasteiger partial charge in [0, 0.05) is 13.0 Å². The molecule has 0 fully saturated rings. The summed E-state index contributed by atoms with van der Waals surface area (Å²) < 4.78 is 26.5. The topological polar surface area (TPSA) is 125 Å². The zero-order valence-electron chi connectivity index (χ0n) is 11.0. The fourth-order valence-corrected chi connectivity index (χ4v) is 2.73. The SMILES string of the molecule is O=C(O)Cc1ccc(S(=O)(=O)NCCc2ncn[nH]2)cc1. The van der Waals surface area contributed by atoms with Crippen molar-refractivity contribution in [3.63, 3.8) is 0 Å². The Labute approximate surface area is 121 Å². The second kappa shape index (κ2) is 6.46. The van der Waals surface area contributed by atoms with Crippen molar-refractivity contribution in [1.29, 1.82) is 0 Å². The summed E-state index contributed by atoms with van der Waals surface area (Å²) in [7, 11) is -3.62. The van der Waals surface area contributed by atoms with Crippen LogP contribution in [-0.4, -0.2) is 41.2 Å². The molecule has 21 heavy (non-hydrogen) atoms. The van der Waals surface area contributed by atoms with Gasteiger partial charge in [0.15, 0.2) is 0 Å². The van der Waals surface area contributed by atoms with E-state index in [4.69, 9.17) is 5.11 Å². The number of carboxylic acid groups (broad SMARTS) is 1. The summed E-state index contributed by atoms with van der Waals surface area (Å²) in [6, 6.07) is 5.74. The van der Waals surface area contributed by atoms with Gasteiger partial charge in [-0.15, -0.1) is 0 Å². The average Bonchev–Trinajstić information content (AvgIpc) is 2.91. The highest BCUT2D eigenvalue weighted by atomic mass is 32.2. The molecule has 0 saturated heterocycles. The number of sulfonamides is 1. The van der Waals surface area contributed by atoms with E-state index in [0.29, 0.717) is 17.8 Å². The molecule has 0 amide bonds. The molecule has 2 rings (SSSR count). The van der Waals surface area contributed by atoms with Crippen LogP contribution in [0.4, 0.5) is 0 Å². The van der Waals surface area contributed by atoms with Crippen LogP contribution in [0.2, 0.25) is 0 Å². The number of H-pyrrole nitrogens is 1. The van der Waals surface area contributed by atoms with E-state index in [2.05, 4.69) is 19.9 Å². The molecule has 9 heteroatoms. The number of rotatable bonds is 7. The van der Waals surface area contributed by atoms with Gasteiger partial charge in [-0.05, 0) is 17.7 Å². The lowest BCUT2D eigenvalue weighted by atomic mass is 10.2. The molecule has 8 nitrogen and oxygen atoms in total. The third-order valence-electron chi connectivity index (χ3n) is 2.71. The number of aromatic amines is 1. The third kappa shape index (κ3) is 4.36. The minimum atomic E-state index is -3.62. The third-order valence-corrected chi connectivity index (χ3v) is 4.18. The first-order valence-corrected chi connectivity index (χ1v) is 7.60. The maximum absolute atomic E-state index is 12.0. The summed E-state index contributed by atoms with van der Waals surface area (Å²) >= 11 is 0. The highest BCUT2D eigenvalue weighted by molar-refractivity contribution is 7.89. The van der Waals surface area contributed by atoms with Crippen molar-refractivity contribution in [2.75, 3.05) is 6.54 Å². The van der Waals surface area contributed by atoms with Gasteiger partial charge in [0.1, 0.15) is 12.2 Å². The minimum Gasteiger partial charge on any atom is -0.481 e. The van der Waals surface area contributed by atoms with Gasteiger partial charge in [-0.1, -0.05) is 12.1 Å². The van der Waals surface area contributed by atoms with Crippen LogP contribution in [0.15, 0.2) is 35.5 Å². The van der Waals surface area contributed by atoms with E-state index in [-0.39, 0.29) is 17.9 Å². The van der Waals surface area contributed by atoms with Gasteiger partial charge in [-0.25, -0.2) is 18.1 Å². The van der Waals surface area contributed by atoms with Gasteiger partial charge >= 0.3 is 5.97 Å². The van der Waals surface area contributed by atoms with Crippen LogP contribution < -0.4 is 4.72 Å². The van der Waals surface area contributed by atoms with Crippen LogP contribution in [0.5, 0.6) is 0 Å². The molecule has 0 spiro atoms. The average molecular weight is 310 g/mol. The van der Waals surface area contributed by atoms with Crippen molar-refractivity contribution < 1.29 is 18.3 Å². The van der Waals surface area contributed by atoms with E-state index in [1.807, 2.05) is 0 Å². The lowest BCUT2D eigenvalue weighted by Gasteiger charge is -2.06. The number of aromatic nitrogens is 3. The fourth-order valence-electron chi connectivity index (χ4n) is 1.70. The molecule has 0 saturated carbocycles. The van der Waals surface area contributed by atoms with E-state index < -0.39 is 16.0 Å². The summed E-state index contributed by atoms with van der Waals surface area (Å²) in [5, 5.41) is 15.0. The summed E-state index contributed by atoms with van der Waals surface area (Å²) in [6.45, 7) is 0.189. The normalized spacial score (nSPS) is 11.4. The van der Waals surface area contributed by atoms with Crippen molar-refractivity contribution in [3.05, 3.63) is 42.0 Å². The quantitative estimate of drug-likeness (QED) is 0.658. The molecular formula is C12H14N4O4S. The molecule has 112 valence electrons. The highest BCUT2D eigenvalue weighted by Gasteiger charge is 2.13. The van der Waals surface area contributed by atoms with Crippen molar-refractivity contribution >= 4 is 16.0 Å². The Morgan fingerprint density at radius 1 is 1.29 bits per heavy atom. The Kier molecular flexibility index (Phi) is 4.66. The molecule has 2 aromatic rings. The van der Waals surface area contributed by atoms with E-state index in [1.165, 1.54) is 30.6 Å². The van der Waals surface area contributed by atoms with Gasteiger partial charge < -0.3 is 5.11 Å². The van der Waals surface area contributed by atoms with Crippen molar-refractivity contribution in [2.24, 2.45) is 0 Å². The van der Waals surface area contributed by atoms with E-state index >= 15 is 0 Å². The fraction of sp³-hybridized carbons (Fsp3) is 0.250. The van der Waals surface area contributed by atoms with Crippen LogP contribution in [-0.2, 0) is 27.7 Å². The monoisotopic (exact) mass is 310 g/mol. The predicted molar refractivity (Wildman–Crippen MR) is 73.1 cm³/mol. The Morgan fingerprint density at radius 3 is 2.57 bits per heavy atom. The Morgan fingerprint density at radius 2 is 2.00 bits per heavy atom. The first-order valence-electron chi connectivity index (χ1n) is 6.12. The van der Waals surface area contributed by atoms with Gasteiger partial charge in [0.05, 0.1) is 11.3 Å². The molecule has 0 aliphatic carbocycles. The van der Waals surface area contributed by atoms with E-state index in [1.54, 1.807) is 0 Å². The molecule has 0 unspecified atom stereocenters. The van der Waals surface area contributed by atoms with Gasteiger partial charge in [-0.2, -0.15) is 5.10 Å². The number of nitrogens with one attached hydrogen (secondary N) is 2. The Hall–Kier alpha value is -2.26. The number of nitrogens with zero attached hydrogens (tertiary/aromatic N) is 2.